The lowest BCUT2D eigenvalue weighted by Gasteiger charge is -2.17. The molecule has 274 valence electrons. The van der Waals surface area contributed by atoms with Crippen molar-refractivity contribution in [3.05, 3.63) is 117 Å². The Balaban J connectivity index is 1.32. The number of H-pyrrole nitrogens is 1. The fourth-order valence-electron chi connectivity index (χ4n) is 4.79. The van der Waals surface area contributed by atoms with Crippen LogP contribution in [0, 0.1) is 5.82 Å². The highest BCUT2D eigenvalue weighted by molar-refractivity contribution is 5.98. The first-order valence-corrected chi connectivity index (χ1v) is 15.9. The number of amides is 3. The van der Waals surface area contributed by atoms with Gasteiger partial charge in [-0.25, -0.2) is 4.39 Å². The van der Waals surface area contributed by atoms with Crippen LogP contribution in [-0.4, -0.2) is 73.6 Å². The minimum Gasteiger partial charge on any atom is -0.493 e. The van der Waals surface area contributed by atoms with E-state index < -0.39 is 58.8 Å². The van der Waals surface area contributed by atoms with E-state index in [2.05, 4.69) is 20.9 Å². The number of ether oxygens (including phenoxy) is 2. The zero-order chi connectivity index (χ0) is 37.8. The Morgan fingerprint density at radius 1 is 0.904 bits per heavy atom. The minimum atomic E-state index is -4.86. The second kappa shape index (κ2) is 17.8. The highest BCUT2D eigenvalue weighted by Gasteiger charge is 2.32. The van der Waals surface area contributed by atoms with Crippen LogP contribution in [0.1, 0.15) is 38.8 Å². The highest BCUT2D eigenvalue weighted by Crippen LogP contribution is 2.33. The lowest BCUT2D eigenvalue weighted by molar-refractivity contribution is -0.146. The number of alkyl halides is 3. The van der Waals surface area contributed by atoms with Crippen LogP contribution in [0.25, 0.3) is 11.1 Å². The van der Waals surface area contributed by atoms with Crippen LogP contribution in [0.15, 0.2) is 83.8 Å². The fraction of sp³-hybridized carbons (Fsp3) is 0.250. The number of hydrogen-bond acceptors (Lipinski definition) is 8. The largest absolute Gasteiger partial charge is 0.493 e. The normalized spacial score (nSPS) is 11.1. The van der Waals surface area contributed by atoms with Crippen LogP contribution in [0.4, 0.5) is 23.2 Å². The lowest BCUT2D eigenvalue weighted by atomic mass is 10.0. The average Bonchev–Trinajstić information content (AvgIpc) is 3.10. The summed E-state index contributed by atoms with van der Waals surface area (Å²) in [6.45, 7) is 1.50. The fourth-order valence-corrected chi connectivity index (χ4v) is 4.79. The van der Waals surface area contributed by atoms with E-state index in [0.29, 0.717) is 28.8 Å². The van der Waals surface area contributed by atoms with Crippen molar-refractivity contribution >= 4 is 29.4 Å². The van der Waals surface area contributed by atoms with Crippen molar-refractivity contribution in [1.29, 1.82) is 0 Å². The number of benzene rings is 3. The molecule has 4 rings (SSSR count). The average molecular weight is 726 g/mol. The number of carbonyl (C=O) groups excluding carboxylic acids is 4. The van der Waals surface area contributed by atoms with Crippen LogP contribution in [0.5, 0.6) is 5.75 Å². The molecule has 0 fully saturated rings. The van der Waals surface area contributed by atoms with Gasteiger partial charge in [0, 0.05) is 47.7 Å². The van der Waals surface area contributed by atoms with E-state index >= 15 is 4.39 Å². The molecule has 3 aromatic carbocycles. The molecule has 0 saturated heterocycles. The third kappa shape index (κ3) is 11.2. The van der Waals surface area contributed by atoms with Gasteiger partial charge >= 0.3 is 12.1 Å². The summed E-state index contributed by atoms with van der Waals surface area (Å²) in [4.78, 5) is 65.4. The van der Waals surface area contributed by atoms with Gasteiger partial charge in [0.25, 0.3) is 17.4 Å². The van der Waals surface area contributed by atoms with Gasteiger partial charge in [-0.15, -0.1) is 0 Å². The molecule has 0 aliphatic heterocycles. The summed E-state index contributed by atoms with van der Waals surface area (Å²) in [5.41, 5.74) is -1.26. The van der Waals surface area contributed by atoms with Crippen LogP contribution in [0.3, 0.4) is 0 Å². The van der Waals surface area contributed by atoms with Gasteiger partial charge in [-0.1, -0.05) is 30.3 Å². The molecule has 0 unspecified atom stereocenters. The van der Waals surface area contributed by atoms with E-state index in [9.17, 15) is 37.1 Å². The summed E-state index contributed by atoms with van der Waals surface area (Å²) in [6.07, 6.45) is -4.03. The third-order valence-electron chi connectivity index (χ3n) is 7.36. The molecule has 4 N–H and O–H groups in total. The van der Waals surface area contributed by atoms with Crippen LogP contribution >= 0.6 is 0 Å². The number of rotatable bonds is 15. The predicted octanol–water partition coefficient (Wildman–Crippen LogP) is 4.37. The van der Waals surface area contributed by atoms with Crippen molar-refractivity contribution in [2.75, 3.05) is 45.3 Å². The van der Waals surface area contributed by atoms with Gasteiger partial charge in [-0.2, -0.15) is 13.2 Å². The maximum absolute atomic E-state index is 15.1. The summed E-state index contributed by atoms with van der Waals surface area (Å²) in [5, 5.41) is 7.22. The molecule has 52 heavy (non-hydrogen) atoms. The topological polar surface area (TPSA) is 159 Å². The number of carbonyl (C=O) groups is 4. The standard InChI is InChI=1S/C36H35F4N5O7/c1-3-51-30-18-31(46)42-19-28(30)23-9-10-24(29(37)15-23)16-32(47)44-27-14-25(13-26(17-27)36(38,39)40)35(50)41-11-12-45(2)21-52-33(48)20-43-34(49)22-7-5-4-6-8-22/h4-10,13-15,17-19H,3,11-12,16,20-21H2,1-2H3,(H,41,50)(H,42,46)(H,43,49)(H,44,47). The van der Waals surface area contributed by atoms with E-state index in [1.807, 2.05) is 0 Å². The van der Waals surface area contributed by atoms with Crippen molar-refractivity contribution in [2.24, 2.45) is 0 Å². The van der Waals surface area contributed by atoms with Gasteiger partial charge < -0.3 is 30.4 Å². The van der Waals surface area contributed by atoms with Crippen LogP contribution < -0.4 is 26.2 Å². The van der Waals surface area contributed by atoms with Gasteiger partial charge in [0.15, 0.2) is 0 Å². The number of likely N-dealkylation sites (N-methyl/N-ethyl adjacent to an activating group) is 1. The molecule has 0 aliphatic carbocycles. The first kappa shape index (κ1) is 38.8. The highest BCUT2D eigenvalue weighted by atomic mass is 19.4. The first-order valence-electron chi connectivity index (χ1n) is 15.9. The minimum absolute atomic E-state index is 0.0457. The summed E-state index contributed by atoms with van der Waals surface area (Å²) >= 11 is 0. The summed E-state index contributed by atoms with van der Waals surface area (Å²) in [5.74, 6) is -3.42. The molecule has 0 spiro atoms. The molecule has 12 nitrogen and oxygen atoms in total. The Hall–Kier alpha value is -6.03. The van der Waals surface area contributed by atoms with Crippen molar-refractivity contribution in [1.82, 2.24) is 20.5 Å². The van der Waals surface area contributed by atoms with E-state index in [4.69, 9.17) is 9.47 Å². The number of aromatic nitrogens is 1. The van der Waals surface area contributed by atoms with E-state index in [1.165, 1.54) is 29.3 Å². The second-order valence-corrected chi connectivity index (χ2v) is 11.4. The molecule has 1 heterocycles. The zero-order valence-corrected chi connectivity index (χ0v) is 28.1. The number of esters is 1. The third-order valence-corrected chi connectivity index (χ3v) is 7.36. The smallest absolute Gasteiger partial charge is 0.416 e. The van der Waals surface area contributed by atoms with Crippen LogP contribution in [0.2, 0.25) is 0 Å². The zero-order valence-electron chi connectivity index (χ0n) is 28.1. The van der Waals surface area contributed by atoms with Crippen molar-refractivity contribution < 1.29 is 46.2 Å². The quantitative estimate of drug-likeness (QED) is 0.0800. The molecule has 0 aliphatic rings. The van der Waals surface area contributed by atoms with Crippen molar-refractivity contribution in [3.8, 4) is 16.9 Å². The number of nitrogens with one attached hydrogen (secondary N) is 4. The lowest BCUT2D eigenvalue weighted by Crippen LogP contribution is -2.36. The Labute approximate surface area is 295 Å². The summed E-state index contributed by atoms with van der Waals surface area (Å²) in [6, 6.07) is 15.8. The van der Waals surface area contributed by atoms with Gasteiger partial charge in [0.05, 0.1) is 18.6 Å². The number of hydrogen-bond donors (Lipinski definition) is 4. The molecule has 0 saturated carbocycles. The Morgan fingerprint density at radius 3 is 2.33 bits per heavy atom. The molecule has 4 aromatic rings. The first-order chi connectivity index (χ1) is 24.7. The van der Waals surface area contributed by atoms with Gasteiger partial charge in [-0.05, 0) is 61.5 Å². The Morgan fingerprint density at radius 2 is 1.63 bits per heavy atom. The van der Waals surface area contributed by atoms with Gasteiger partial charge in [0.1, 0.15) is 24.8 Å². The number of aromatic amines is 1. The molecule has 0 bridgehead atoms. The van der Waals surface area contributed by atoms with Crippen LogP contribution in [-0.2, 0) is 26.9 Å². The van der Waals surface area contributed by atoms with E-state index in [1.54, 1.807) is 44.3 Å². The number of pyridine rings is 1. The predicted molar refractivity (Wildman–Crippen MR) is 182 cm³/mol. The van der Waals surface area contributed by atoms with E-state index in [-0.39, 0.29) is 50.0 Å². The SMILES string of the molecule is CCOc1cc(=O)[nH]cc1-c1ccc(CC(=O)Nc2cc(C(=O)NCCN(C)COC(=O)CNC(=O)c3ccccc3)cc(C(F)(F)F)c2)c(F)c1. The number of anilines is 1. The van der Waals surface area contributed by atoms with E-state index in [0.717, 1.165) is 12.1 Å². The number of nitrogens with zero attached hydrogens (tertiary/aromatic N) is 1. The number of halogens is 4. The summed E-state index contributed by atoms with van der Waals surface area (Å²) < 4.78 is 66.8. The van der Waals surface area contributed by atoms with Gasteiger partial charge in [-0.3, -0.25) is 28.9 Å². The van der Waals surface area contributed by atoms with Crippen molar-refractivity contribution in [2.45, 2.75) is 19.5 Å². The molecule has 0 radical (unpaired) electrons. The molecule has 0 atom stereocenters. The van der Waals surface area contributed by atoms with Gasteiger partial charge in [0.2, 0.25) is 5.91 Å². The molecule has 1 aromatic heterocycles. The molecular weight excluding hydrogens is 690 g/mol. The molecule has 16 heteroatoms. The summed E-state index contributed by atoms with van der Waals surface area (Å²) in [7, 11) is 1.57. The molecular formula is C36H35F4N5O7. The monoisotopic (exact) mass is 725 g/mol. The molecule has 3 amide bonds. The Kier molecular flexibility index (Phi) is 13.2. The Bertz CT molecular complexity index is 1970. The maximum atomic E-state index is 15.1. The second-order valence-electron chi connectivity index (χ2n) is 11.4. The van der Waals surface area contributed by atoms with Crippen molar-refractivity contribution in [3.63, 3.8) is 0 Å². The maximum Gasteiger partial charge on any atom is 0.416 e.